The molecular formula is C13H18O6. The summed E-state index contributed by atoms with van der Waals surface area (Å²) in [6.45, 7) is 10.6. The van der Waals surface area contributed by atoms with Crippen LogP contribution in [0, 0.1) is 0 Å². The number of allylic oxidation sites excluding steroid dienone is 2. The van der Waals surface area contributed by atoms with Gasteiger partial charge in [0, 0.05) is 11.1 Å². The lowest BCUT2D eigenvalue weighted by Gasteiger charge is -2.05. The van der Waals surface area contributed by atoms with Crippen molar-refractivity contribution in [3.63, 3.8) is 0 Å². The maximum atomic E-state index is 11.0. The van der Waals surface area contributed by atoms with Gasteiger partial charge in [0.15, 0.2) is 12.1 Å². The fraction of sp³-hybridized carbons (Fsp3) is 0.308. The normalized spacial score (nSPS) is 11.5. The summed E-state index contributed by atoms with van der Waals surface area (Å²) >= 11 is 0. The van der Waals surface area contributed by atoms with Crippen LogP contribution in [0.3, 0.4) is 0 Å². The minimum atomic E-state index is -1.17. The topological polar surface area (TPSA) is 101 Å². The lowest BCUT2D eigenvalue weighted by atomic mass is 10.2. The molecule has 0 spiro atoms. The molecule has 19 heavy (non-hydrogen) atoms. The summed E-state index contributed by atoms with van der Waals surface area (Å²) in [4.78, 5) is 31.3. The van der Waals surface area contributed by atoms with Crippen molar-refractivity contribution in [2.75, 3.05) is 0 Å². The number of carboxylic acids is 1. The summed E-state index contributed by atoms with van der Waals surface area (Å²) in [5, 5.41) is 16.6. The molecule has 6 heteroatoms. The Morgan fingerprint density at radius 1 is 1.26 bits per heavy atom. The van der Waals surface area contributed by atoms with E-state index in [0.29, 0.717) is 0 Å². The van der Waals surface area contributed by atoms with Crippen molar-refractivity contribution in [2.24, 2.45) is 0 Å². The molecule has 0 amide bonds. The Balaban J connectivity index is 0. The molecule has 106 valence electrons. The van der Waals surface area contributed by atoms with Gasteiger partial charge in [-0.2, -0.15) is 0 Å². The smallest absolute Gasteiger partial charge is 0.336 e. The van der Waals surface area contributed by atoms with Gasteiger partial charge in [0.05, 0.1) is 0 Å². The number of carboxylic acid groups (broad SMARTS) is 1. The second-order valence-corrected chi connectivity index (χ2v) is 3.52. The van der Waals surface area contributed by atoms with Crippen LogP contribution in [0.4, 0.5) is 0 Å². The summed E-state index contributed by atoms with van der Waals surface area (Å²) in [5.41, 5.74) is 0.306. The van der Waals surface area contributed by atoms with Crippen molar-refractivity contribution >= 4 is 17.7 Å². The van der Waals surface area contributed by atoms with Gasteiger partial charge in [0.2, 0.25) is 0 Å². The number of rotatable bonds is 5. The lowest BCUT2D eigenvalue weighted by Crippen LogP contribution is -2.15. The van der Waals surface area contributed by atoms with Crippen molar-refractivity contribution in [3.05, 3.63) is 36.5 Å². The molecule has 1 atom stereocenters. The zero-order chi connectivity index (χ0) is 15.6. The van der Waals surface area contributed by atoms with Crippen LogP contribution < -0.4 is 0 Å². The molecule has 0 heterocycles. The summed E-state index contributed by atoms with van der Waals surface area (Å²) in [7, 11) is 0. The number of aliphatic hydroxyl groups is 1. The van der Waals surface area contributed by atoms with E-state index in [9.17, 15) is 14.4 Å². The number of esters is 1. The number of aliphatic hydroxyl groups excluding tert-OH is 1. The van der Waals surface area contributed by atoms with E-state index in [4.69, 9.17) is 10.2 Å². The lowest BCUT2D eigenvalue weighted by molar-refractivity contribution is -0.159. The van der Waals surface area contributed by atoms with Gasteiger partial charge < -0.3 is 14.9 Å². The van der Waals surface area contributed by atoms with Crippen molar-refractivity contribution < 1.29 is 29.3 Å². The average molecular weight is 270 g/mol. The van der Waals surface area contributed by atoms with Crippen molar-refractivity contribution in [1.29, 1.82) is 0 Å². The number of hydrogen-bond acceptors (Lipinski definition) is 5. The third-order valence-corrected chi connectivity index (χ3v) is 1.52. The van der Waals surface area contributed by atoms with Gasteiger partial charge in [-0.1, -0.05) is 13.2 Å². The highest BCUT2D eigenvalue weighted by molar-refractivity contribution is 6.04. The van der Waals surface area contributed by atoms with E-state index in [2.05, 4.69) is 17.9 Å². The SMILES string of the molecule is C=C(C)C(=O)O.C=CC(=O)C=C(C)C(=O)OC(C)O. The van der Waals surface area contributed by atoms with E-state index < -0.39 is 18.2 Å². The Morgan fingerprint density at radius 3 is 1.95 bits per heavy atom. The van der Waals surface area contributed by atoms with Gasteiger partial charge in [-0.3, -0.25) is 4.79 Å². The highest BCUT2D eigenvalue weighted by atomic mass is 16.6. The number of carbonyl (C=O) groups excluding carboxylic acids is 2. The number of ether oxygens (including phenoxy) is 1. The fourth-order valence-electron chi connectivity index (χ4n) is 0.579. The number of hydrogen-bond donors (Lipinski definition) is 2. The fourth-order valence-corrected chi connectivity index (χ4v) is 0.579. The number of carbonyl (C=O) groups is 3. The van der Waals surface area contributed by atoms with Crippen LogP contribution in [-0.2, 0) is 19.1 Å². The molecule has 0 radical (unpaired) electrons. The maximum absolute atomic E-state index is 11.0. The predicted octanol–water partition coefficient (Wildman–Crippen LogP) is 1.22. The Hall–Kier alpha value is -2.21. The van der Waals surface area contributed by atoms with E-state index in [1.165, 1.54) is 20.8 Å². The molecule has 0 aliphatic heterocycles. The van der Waals surface area contributed by atoms with Gasteiger partial charge in [0.25, 0.3) is 0 Å². The molecular weight excluding hydrogens is 252 g/mol. The zero-order valence-corrected chi connectivity index (χ0v) is 11.2. The first-order chi connectivity index (χ1) is 8.61. The van der Waals surface area contributed by atoms with Gasteiger partial charge in [-0.15, -0.1) is 0 Å². The maximum Gasteiger partial charge on any atom is 0.336 e. The van der Waals surface area contributed by atoms with Gasteiger partial charge >= 0.3 is 11.9 Å². The van der Waals surface area contributed by atoms with E-state index >= 15 is 0 Å². The van der Waals surface area contributed by atoms with Gasteiger partial charge in [-0.25, -0.2) is 9.59 Å². The molecule has 0 saturated heterocycles. The summed E-state index contributed by atoms with van der Waals surface area (Å²) < 4.78 is 4.42. The summed E-state index contributed by atoms with van der Waals surface area (Å²) in [6, 6.07) is 0. The molecule has 0 bridgehead atoms. The Labute approximate surface area is 111 Å². The van der Waals surface area contributed by atoms with Crippen LogP contribution >= 0.6 is 0 Å². The largest absolute Gasteiger partial charge is 0.478 e. The Morgan fingerprint density at radius 2 is 1.68 bits per heavy atom. The van der Waals surface area contributed by atoms with Crippen LogP contribution in [-0.4, -0.2) is 34.2 Å². The molecule has 0 saturated carbocycles. The molecule has 1 unspecified atom stereocenters. The minimum absolute atomic E-state index is 0.130. The third-order valence-electron chi connectivity index (χ3n) is 1.52. The Bertz CT molecular complexity index is 391. The summed E-state index contributed by atoms with van der Waals surface area (Å²) in [6.07, 6.45) is 1.01. The average Bonchev–Trinajstić information content (AvgIpc) is 2.28. The molecule has 2 N–H and O–H groups in total. The van der Waals surface area contributed by atoms with Crippen molar-refractivity contribution in [2.45, 2.75) is 27.1 Å². The highest BCUT2D eigenvalue weighted by Gasteiger charge is 2.09. The standard InChI is InChI=1S/C9H12O4.C4H6O2/c1-4-8(11)5-6(2)9(12)13-7(3)10;1-3(2)4(5)6/h4-5,7,10H,1H2,2-3H3;1H2,2H3,(H,5,6). The molecule has 6 nitrogen and oxygen atoms in total. The monoisotopic (exact) mass is 270 g/mol. The van der Waals surface area contributed by atoms with Crippen LogP contribution in [0.2, 0.25) is 0 Å². The zero-order valence-electron chi connectivity index (χ0n) is 11.2. The summed E-state index contributed by atoms with van der Waals surface area (Å²) in [5.74, 6) is -2.03. The molecule has 0 aromatic carbocycles. The second-order valence-electron chi connectivity index (χ2n) is 3.52. The van der Waals surface area contributed by atoms with E-state index in [1.807, 2.05) is 0 Å². The molecule has 0 aliphatic carbocycles. The van der Waals surface area contributed by atoms with E-state index in [1.54, 1.807) is 0 Å². The molecule has 0 aromatic heterocycles. The van der Waals surface area contributed by atoms with Crippen molar-refractivity contribution in [3.8, 4) is 0 Å². The van der Waals surface area contributed by atoms with Crippen LogP contribution in [0.15, 0.2) is 36.5 Å². The molecule has 0 aromatic rings. The minimum Gasteiger partial charge on any atom is -0.478 e. The van der Waals surface area contributed by atoms with Crippen molar-refractivity contribution in [1.82, 2.24) is 0 Å². The second kappa shape index (κ2) is 9.78. The van der Waals surface area contributed by atoms with Gasteiger partial charge in [-0.05, 0) is 32.9 Å². The Kier molecular flexibility index (Phi) is 9.85. The predicted molar refractivity (Wildman–Crippen MR) is 69.2 cm³/mol. The van der Waals surface area contributed by atoms with Crippen LogP contribution in [0.5, 0.6) is 0 Å². The molecule has 0 fully saturated rings. The highest BCUT2D eigenvalue weighted by Crippen LogP contribution is 1.99. The van der Waals surface area contributed by atoms with Crippen LogP contribution in [0.25, 0.3) is 0 Å². The quantitative estimate of drug-likeness (QED) is 0.442. The first-order valence-electron chi connectivity index (χ1n) is 5.24. The first kappa shape index (κ1) is 19.1. The van der Waals surface area contributed by atoms with E-state index in [-0.39, 0.29) is 16.9 Å². The van der Waals surface area contributed by atoms with E-state index in [0.717, 1.165) is 12.2 Å². The molecule has 0 aliphatic rings. The first-order valence-corrected chi connectivity index (χ1v) is 5.24. The number of ketones is 1. The number of aliphatic carboxylic acids is 1. The van der Waals surface area contributed by atoms with Crippen LogP contribution in [0.1, 0.15) is 20.8 Å². The third kappa shape index (κ3) is 12.0. The molecule has 0 rings (SSSR count). The van der Waals surface area contributed by atoms with Gasteiger partial charge in [0.1, 0.15) is 0 Å².